The molecule has 23 heavy (non-hydrogen) atoms. The molecule has 1 atom stereocenters. The number of aromatic amines is 1. The van der Waals surface area contributed by atoms with E-state index < -0.39 is 0 Å². The molecule has 1 fully saturated rings. The first kappa shape index (κ1) is 14.1. The van der Waals surface area contributed by atoms with Crippen LogP contribution in [0.15, 0.2) is 47.2 Å². The third kappa shape index (κ3) is 3.03. The summed E-state index contributed by atoms with van der Waals surface area (Å²) >= 11 is 0. The second-order valence-corrected chi connectivity index (χ2v) is 5.83. The molecule has 3 aromatic rings. The van der Waals surface area contributed by atoms with Gasteiger partial charge in [0.2, 0.25) is 11.7 Å². The number of piperidine rings is 1. The lowest BCUT2D eigenvalue weighted by molar-refractivity contribution is 0.118. The van der Waals surface area contributed by atoms with Crippen LogP contribution in [0.4, 0.5) is 0 Å². The molecule has 118 valence electrons. The average Bonchev–Trinajstić information content (AvgIpc) is 3.28. The van der Waals surface area contributed by atoms with Gasteiger partial charge in [0.15, 0.2) is 0 Å². The van der Waals surface area contributed by atoms with Gasteiger partial charge in [-0.05, 0) is 19.4 Å². The van der Waals surface area contributed by atoms with E-state index in [1.807, 2.05) is 42.7 Å². The van der Waals surface area contributed by atoms with Crippen molar-refractivity contribution in [1.29, 1.82) is 0 Å². The maximum Gasteiger partial charge on any atom is 0.241 e. The van der Waals surface area contributed by atoms with Gasteiger partial charge in [-0.25, -0.2) is 4.98 Å². The second-order valence-electron chi connectivity index (χ2n) is 5.83. The summed E-state index contributed by atoms with van der Waals surface area (Å²) in [5.41, 5.74) is 0.976. The summed E-state index contributed by atoms with van der Waals surface area (Å²) in [6, 6.07) is 10.2. The number of nitrogens with zero attached hydrogens (tertiary/aromatic N) is 4. The molecule has 1 N–H and O–H groups in total. The van der Waals surface area contributed by atoms with E-state index in [1.54, 1.807) is 0 Å². The van der Waals surface area contributed by atoms with Crippen molar-refractivity contribution >= 4 is 0 Å². The topological polar surface area (TPSA) is 70.8 Å². The first-order chi connectivity index (χ1) is 11.4. The highest BCUT2D eigenvalue weighted by Gasteiger charge is 2.27. The summed E-state index contributed by atoms with van der Waals surface area (Å²) in [6.45, 7) is 1.68. The van der Waals surface area contributed by atoms with Crippen molar-refractivity contribution in [3.05, 3.63) is 54.4 Å². The molecule has 0 aliphatic carbocycles. The fraction of sp³-hybridized carbons (Fsp3) is 0.353. The highest BCUT2D eigenvalue weighted by atomic mass is 16.5. The zero-order chi connectivity index (χ0) is 15.5. The maximum absolute atomic E-state index is 5.45. The van der Waals surface area contributed by atoms with Crippen LogP contribution in [0, 0.1) is 0 Å². The number of likely N-dealkylation sites (tertiary alicyclic amines) is 1. The number of hydrogen-bond donors (Lipinski definition) is 1. The quantitative estimate of drug-likeness (QED) is 0.801. The molecule has 1 unspecified atom stereocenters. The molecule has 3 heterocycles. The lowest BCUT2D eigenvalue weighted by atomic mass is 10.0. The summed E-state index contributed by atoms with van der Waals surface area (Å²) in [5.74, 6) is 2.32. The van der Waals surface area contributed by atoms with E-state index in [9.17, 15) is 0 Å². The number of nitrogens with one attached hydrogen (secondary N) is 1. The fourth-order valence-corrected chi connectivity index (χ4v) is 3.15. The van der Waals surface area contributed by atoms with Crippen LogP contribution in [0.3, 0.4) is 0 Å². The standard InChI is InChI=1S/C17H19N5O/c1-2-6-13(7-3-1)16-20-15(23-21-16)12-22-11-5-4-8-14(22)17-18-9-10-19-17/h1-3,6-7,9-10,14H,4-5,8,11-12H2,(H,18,19). The number of imidazole rings is 1. The minimum atomic E-state index is 0.297. The second kappa shape index (κ2) is 6.34. The van der Waals surface area contributed by atoms with Gasteiger partial charge in [0.25, 0.3) is 0 Å². The van der Waals surface area contributed by atoms with E-state index in [1.165, 1.54) is 12.8 Å². The maximum atomic E-state index is 5.45. The Morgan fingerprint density at radius 2 is 2.13 bits per heavy atom. The van der Waals surface area contributed by atoms with Crippen LogP contribution >= 0.6 is 0 Å². The molecule has 2 aromatic heterocycles. The number of benzene rings is 1. The molecule has 1 aromatic carbocycles. The average molecular weight is 309 g/mol. The lowest BCUT2D eigenvalue weighted by Gasteiger charge is -2.33. The SMILES string of the molecule is c1ccc(-c2noc(CN3CCCCC3c3ncc[nH]3)n2)cc1. The van der Waals surface area contributed by atoms with Crippen LogP contribution in [0.1, 0.15) is 37.0 Å². The van der Waals surface area contributed by atoms with E-state index >= 15 is 0 Å². The molecule has 0 saturated carbocycles. The van der Waals surface area contributed by atoms with Gasteiger partial charge >= 0.3 is 0 Å². The number of rotatable bonds is 4. The van der Waals surface area contributed by atoms with E-state index in [2.05, 4.69) is 25.0 Å². The Balaban J connectivity index is 1.52. The highest BCUT2D eigenvalue weighted by Crippen LogP contribution is 2.30. The molecular formula is C17H19N5O. The molecule has 0 radical (unpaired) electrons. The van der Waals surface area contributed by atoms with Gasteiger partial charge in [0, 0.05) is 18.0 Å². The Bertz CT molecular complexity index is 737. The van der Waals surface area contributed by atoms with Gasteiger partial charge in [-0.3, -0.25) is 4.90 Å². The summed E-state index contributed by atoms with van der Waals surface area (Å²) in [6.07, 6.45) is 7.20. The highest BCUT2D eigenvalue weighted by molar-refractivity contribution is 5.53. The van der Waals surface area contributed by atoms with E-state index in [4.69, 9.17) is 4.52 Å². The van der Waals surface area contributed by atoms with Crippen molar-refractivity contribution in [3.8, 4) is 11.4 Å². The molecule has 1 aliphatic rings. The van der Waals surface area contributed by atoms with E-state index in [0.717, 1.165) is 24.4 Å². The fourth-order valence-electron chi connectivity index (χ4n) is 3.15. The molecule has 0 spiro atoms. The van der Waals surface area contributed by atoms with E-state index in [0.29, 0.717) is 24.3 Å². The predicted molar refractivity (Wildman–Crippen MR) is 85.3 cm³/mol. The molecule has 6 heteroatoms. The lowest BCUT2D eigenvalue weighted by Crippen LogP contribution is -2.33. The Kier molecular flexibility index (Phi) is 3.90. The predicted octanol–water partition coefficient (Wildman–Crippen LogP) is 3.19. The minimum absolute atomic E-state index is 0.297. The Morgan fingerprint density at radius 3 is 2.96 bits per heavy atom. The minimum Gasteiger partial charge on any atom is -0.347 e. The summed E-state index contributed by atoms with van der Waals surface area (Å²) < 4.78 is 5.45. The van der Waals surface area contributed by atoms with Crippen molar-refractivity contribution in [3.63, 3.8) is 0 Å². The Labute approximate surface area is 134 Å². The number of aromatic nitrogens is 4. The zero-order valence-electron chi connectivity index (χ0n) is 12.9. The van der Waals surface area contributed by atoms with Crippen molar-refractivity contribution in [2.75, 3.05) is 6.54 Å². The summed E-state index contributed by atoms with van der Waals surface area (Å²) in [4.78, 5) is 14.6. The first-order valence-corrected chi connectivity index (χ1v) is 8.01. The third-order valence-electron chi connectivity index (χ3n) is 4.29. The van der Waals surface area contributed by atoms with E-state index in [-0.39, 0.29) is 0 Å². The van der Waals surface area contributed by atoms with Gasteiger partial charge in [-0.1, -0.05) is 41.9 Å². The van der Waals surface area contributed by atoms with Gasteiger partial charge in [-0.15, -0.1) is 0 Å². The Morgan fingerprint density at radius 1 is 1.22 bits per heavy atom. The van der Waals surface area contributed by atoms with Crippen molar-refractivity contribution in [1.82, 2.24) is 25.0 Å². The van der Waals surface area contributed by atoms with Crippen LogP contribution in [0.25, 0.3) is 11.4 Å². The smallest absolute Gasteiger partial charge is 0.241 e. The van der Waals surface area contributed by atoms with Crippen LogP contribution < -0.4 is 0 Å². The first-order valence-electron chi connectivity index (χ1n) is 8.01. The molecule has 4 rings (SSSR count). The van der Waals surface area contributed by atoms with Crippen LogP contribution in [-0.2, 0) is 6.54 Å². The van der Waals surface area contributed by atoms with Gasteiger partial charge in [0.1, 0.15) is 5.82 Å². The largest absolute Gasteiger partial charge is 0.347 e. The third-order valence-corrected chi connectivity index (χ3v) is 4.29. The van der Waals surface area contributed by atoms with Crippen molar-refractivity contribution in [2.24, 2.45) is 0 Å². The molecular weight excluding hydrogens is 290 g/mol. The molecule has 0 amide bonds. The number of H-pyrrole nitrogens is 1. The van der Waals surface area contributed by atoms with Gasteiger partial charge in [-0.2, -0.15) is 4.98 Å². The van der Waals surface area contributed by atoms with Crippen molar-refractivity contribution in [2.45, 2.75) is 31.8 Å². The summed E-state index contributed by atoms with van der Waals surface area (Å²) in [5, 5.41) is 4.10. The number of hydrogen-bond acceptors (Lipinski definition) is 5. The van der Waals surface area contributed by atoms with Crippen LogP contribution in [0.5, 0.6) is 0 Å². The van der Waals surface area contributed by atoms with Crippen LogP contribution in [0.2, 0.25) is 0 Å². The van der Waals surface area contributed by atoms with Crippen molar-refractivity contribution < 1.29 is 4.52 Å². The van der Waals surface area contributed by atoms with Gasteiger partial charge in [0.05, 0.1) is 12.6 Å². The molecule has 0 bridgehead atoms. The van der Waals surface area contributed by atoms with Crippen LogP contribution in [-0.4, -0.2) is 31.6 Å². The molecule has 6 nitrogen and oxygen atoms in total. The zero-order valence-corrected chi connectivity index (χ0v) is 12.9. The normalized spacial score (nSPS) is 19.0. The molecule has 1 saturated heterocycles. The van der Waals surface area contributed by atoms with Gasteiger partial charge < -0.3 is 9.51 Å². The Hall–Kier alpha value is -2.47. The monoisotopic (exact) mass is 309 g/mol. The molecule has 1 aliphatic heterocycles. The summed E-state index contributed by atoms with van der Waals surface area (Å²) in [7, 11) is 0.